The van der Waals surface area contributed by atoms with Gasteiger partial charge in [0.1, 0.15) is 11.6 Å². The average Bonchev–Trinajstić information content (AvgIpc) is 2.45. The van der Waals surface area contributed by atoms with E-state index in [4.69, 9.17) is 16.2 Å². The van der Waals surface area contributed by atoms with E-state index in [0.29, 0.717) is 5.56 Å². The van der Waals surface area contributed by atoms with Crippen LogP contribution in [0.5, 0.6) is 0 Å². The Morgan fingerprint density at radius 2 is 1.95 bits per heavy atom. The molecule has 0 saturated carbocycles. The van der Waals surface area contributed by atoms with Gasteiger partial charge >= 0.3 is 5.97 Å². The van der Waals surface area contributed by atoms with Crippen LogP contribution in [-0.2, 0) is 0 Å². The number of hydrogen-bond acceptors (Lipinski definition) is 3. The van der Waals surface area contributed by atoms with Crippen LogP contribution in [0.4, 0.5) is 14.5 Å². The first kappa shape index (κ1) is 15.4. The maximum absolute atomic E-state index is 14.1. The van der Waals surface area contributed by atoms with Crippen LogP contribution in [0, 0.1) is 17.0 Å². The van der Waals surface area contributed by atoms with Crippen molar-refractivity contribution in [1.82, 2.24) is 0 Å². The van der Waals surface area contributed by atoms with E-state index < -0.39 is 23.2 Å². The molecule has 0 aliphatic carbocycles. The number of carboxylic acid groups (broad SMARTS) is 1. The summed E-state index contributed by atoms with van der Waals surface area (Å²) in [5, 5.41) is 16.7. The Balaban J connectivity index is 2.38. The molecule has 0 aliphatic rings. The molecule has 6 heteroatoms. The highest BCUT2D eigenvalue weighted by molar-refractivity contribution is 6.13. The van der Waals surface area contributed by atoms with Gasteiger partial charge in [-0.15, -0.1) is 0 Å². The number of nitrogens with two attached hydrogens (primary N) is 1. The zero-order valence-electron chi connectivity index (χ0n) is 11.3. The number of halogens is 2. The first-order chi connectivity index (χ1) is 10.4. The minimum absolute atomic E-state index is 0.0450. The Morgan fingerprint density at radius 3 is 2.59 bits per heavy atom. The Morgan fingerprint density at radius 1 is 1.23 bits per heavy atom. The molecule has 0 radical (unpaired) electrons. The van der Waals surface area contributed by atoms with Crippen LogP contribution in [0.3, 0.4) is 0 Å². The third kappa shape index (κ3) is 3.17. The molecule has 2 aromatic rings. The molecular weight excluding hydrogens is 290 g/mol. The minimum Gasteiger partial charge on any atom is -0.478 e. The van der Waals surface area contributed by atoms with E-state index in [2.05, 4.69) is 0 Å². The van der Waals surface area contributed by atoms with E-state index in [0.717, 1.165) is 6.07 Å². The van der Waals surface area contributed by atoms with E-state index in [1.54, 1.807) is 6.07 Å². The molecular formula is C16H12F2N2O2. The van der Waals surface area contributed by atoms with E-state index >= 15 is 0 Å². The van der Waals surface area contributed by atoms with Gasteiger partial charge in [0.2, 0.25) is 0 Å². The molecule has 0 heterocycles. The Hall–Kier alpha value is -3.02. The number of anilines is 1. The lowest BCUT2D eigenvalue weighted by Gasteiger charge is -2.08. The van der Waals surface area contributed by atoms with Gasteiger partial charge in [-0.25, -0.2) is 13.6 Å². The monoisotopic (exact) mass is 302 g/mol. The van der Waals surface area contributed by atoms with Gasteiger partial charge in [0.25, 0.3) is 0 Å². The lowest BCUT2D eigenvalue weighted by Crippen LogP contribution is -2.10. The summed E-state index contributed by atoms with van der Waals surface area (Å²) in [6.07, 6.45) is 2.65. The highest BCUT2D eigenvalue weighted by atomic mass is 19.1. The van der Waals surface area contributed by atoms with Crippen molar-refractivity contribution in [2.45, 2.75) is 0 Å². The number of carboxylic acids is 1. The number of benzene rings is 2. The molecule has 112 valence electrons. The van der Waals surface area contributed by atoms with Crippen molar-refractivity contribution in [1.29, 1.82) is 5.41 Å². The van der Waals surface area contributed by atoms with Crippen LogP contribution in [0.15, 0.2) is 42.5 Å². The van der Waals surface area contributed by atoms with Gasteiger partial charge in [-0.3, -0.25) is 0 Å². The second kappa shape index (κ2) is 6.17. The second-order valence-electron chi connectivity index (χ2n) is 4.50. The molecule has 0 aromatic heterocycles. The largest absolute Gasteiger partial charge is 0.478 e. The van der Waals surface area contributed by atoms with E-state index in [1.807, 2.05) is 0 Å². The fourth-order valence-electron chi connectivity index (χ4n) is 1.90. The number of hydrogen-bond donors (Lipinski definition) is 3. The molecule has 0 spiro atoms. The molecule has 0 aliphatic heterocycles. The zero-order chi connectivity index (χ0) is 16.3. The highest BCUT2D eigenvalue weighted by Crippen LogP contribution is 2.21. The summed E-state index contributed by atoms with van der Waals surface area (Å²) in [7, 11) is 0. The maximum Gasteiger partial charge on any atom is 0.338 e. The SMILES string of the molecule is N=C(/C=C/c1cccc(F)c1)c1c(N)ccc(C(=O)O)c1F. The maximum atomic E-state index is 14.1. The fourth-order valence-corrected chi connectivity index (χ4v) is 1.90. The van der Waals surface area contributed by atoms with Gasteiger partial charge in [0.05, 0.1) is 16.8 Å². The minimum atomic E-state index is -1.44. The molecule has 22 heavy (non-hydrogen) atoms. The van der Waals surface area contributed by atoms with Gasteiger partial charge < -0.3 is 16.2 Å². The van der Waals surface area contributed by atoms with Crippen LogP contribution in [0.2, 0.25) is 0 Å². The Kier molecular flexibility index (Phi) is 4.31. The number of rotatable bonds is 4. The smallest absolute Gasteiger partial charge is 0.338 e. The molecule has 0 fully saturated rings. The summed E-state index contributed by atoms with van der Waals surface area (Å²) in [5.74, 6) is -2.95. The first-order valence-electron chi connectivity index (χ1n) is 6.24. The number of nitrogen functional groups attached to an aromatic ring is 1. The van der Waals surface area contributed by atoms with Crippen LogP contribution < -0.4 is 5.73 Å². The lowest BCUT2D eigenvalue weighted by atomic mass is 10.0. The number of nitrogens with one attached hydrogen (secondary N) is 1. The summed E-state index contributed by atoms with van der Waals surface area (Å²) in [6, 6.07) is 7.90. The van der Waals surface area contributed by atoms with Crippen LogP contribution >= 0.6 is 0 Å². The van der Waals surface area contributed by atoms with Crippen molar-refractivity contribution in [3.8, 4) is 0 Å². The predicted octanol–water partition coefficient (Wildman–Crippen LogP) is 3.33. The van der Waals surface area contributed by atoms with Crippen molar-refractivity contribution in [3.05, 3.63) is 70.8 Å². The second-order valence-corrected chi connectivity index (χ2v) is 4.50. The summed E-state index contributed by atoms with van der Waals surface area (Å²) in [5.41, 5.74) is 4.89. The Labute approximate surface area is 125 Å². The molecule has 0 saturated heterocycles. The molecule has 2 rings (SSSR count). The molecule has 0 unspecified atom stereocenters. The third-order valence-corrected chi connectivity index (χ3v) is 2.97. The quantitative estimate of drug-likeness (QED) is 0.598. The van der Waals surface area contributed by atoms with Crippen LogP contribution in [-0.4, -0.2) is 16.8 Å². The summed E-state index contributed by atoms with van der Waals surface area (Å²) in [4.78, 5) is 10.9. The summed E-state index contributed by atoms with van der Waals surface area (Å²) < 4.78 is 27.2. The molecule has 4 nitrogen and oxygen atoms in total. The molecule has 0 bridgehead atoms. The summed E-state index contributed by atoms with van der Waals surface area (Å²) in [6.45, 7) is 0. The average molecular weight is 302 g/mol. The zero-order valence-corrected chi connectivity index (χ0v) is 11.3. The molecule has 4 N–H and O–H groups in total. The number of allylic oxidation sites excluding steroid dienone is 1. The van der Waals surface area contributed by atoms with Crippen molar-refractivity contribution < 1.29 is 18.7 Å². The molecule has 2 aromatic carbocycles. The van der Waals surface area contributed by atoms with Crippen molar-refractivity contribution in [3.63, 3.8) is 0 Å². The first-order valence-corrected chi connectivity index (χ1v) is 6.24. The number of aromatic carboxylic acids is 1. The molecule has 0 amide bonds. The Bertz CT molecular complexity index is 786. The van der Waals surface area contributed by atoms with E-state index in [9.17, 15) is 13.6 Å². The van der Waals surface area contributed by atoms with Gasteiger partial charge in [-0.2, -0.15) is 0 Å². The van der Waals surface area contributed by atoms with Gasteiger partial charge in [-0.1, -0.05) is 18.2 Å². The highest BCUT2D eigenvalue weighted by Gasteiger charge is 2.18. The standard InChI is InChI=1S/C16H12F2N2O2/c17-10-3-1-2-9(8-10)4-6-12(19)14-13(20)7-5-11(15(14)18)16(21)22/h1-8,19H,20H2,(H,21,22)/b6-4+,19-12?. The third-order valence-electron chi connectivity index (χ3n) is 2.97. The predicted molar refractivity (Wildman–Crippen MR) is 80.0 cm³/mol. The number of carbonyl (C=O) groups is 1. The van der Waals surface area contributed by atoms with Crippen LogP contribution in [0.25, 0.3) is 6.08 Å². The molecule has 0 atom stereocenters. The van der Waals surface area contributed by atoms with Crippen molar-refractivity contribution in [2.24, 2.45) is 0 Å². The van der Waals surface area contributed by atoms with Gasteiger partial charge in [0, 0.05) is 5.69 Å². The van der Waals surface area contributed by atoms with Gasteiger partial charge in [-0.05, 0) is 35.9 Å². The fraction of sp³-hybridized carbons (Fsp3) is 0. The normalized spacial score (nSPS) is 10.8. The topological polar surface area (TPSA) is 87.2 Å². The summed E-state index contributed by atoms with van der Waals surface area (Å²) >= 11 is 0. The van der Waals surface area contributed by atoms with Crippen LogP contribution in [0.1, 0.15) is 21.5 Å². The van der Waals surface area contributed by atoms with Crippen molar-refractivity contribution >= 4 is 23.4 Å². The van der Waals surface area contributed by atoms with Gasteiger partial charge in [0.15, 0.2) is 0 Å². The van der Waals surface area contributed by atoms with Crippen molar-refractivity contribution in [2.75, 3.05) is 5.73 Å². The van der Waals surface area contributed by atoms with E-state index in [1.165, 1.54) is 36.4 Å². The lowest BCUT2D eigenvalue weighted by molar-refractivity contribution is 0.0692. The van der Waals surface area contributed by atoms with E-state index in [-0.39, 0.29) is 17.0 Å².